The molecule has 24 heavy (non-hydrogen) atoms. The van der Waals surface area contributed by atoms with Crippen molar-refractivity contribution in [3.05, 3.63) is 40.4 Å². The average Bonchev–Trinajstić information content (AvgIpc) is 3.05. The fourth-order valence-electron chi connectivity index (χ4n) is 2.63. The summed E-state index contributed by atoms with van der Waals surface area (Å²) < 4.78 is 0. The zero-order valence-electron chi connectivity index (χ0n) is 13.2. The van der Waals surface area contributed by atoms with Crippen LogP contribution in [-0.4, -0.2) is 42.0 Å². The van der Waals surface area contributed by atoms with Gasteiger partial charge in [-0.15, -0.1) is 36.2 Å². The maximum atomic E-state index is 12.5. The molecule has 1 aliphatic rings. The summed E-state index contributed by atoms with van der Waals surface area (Å²) in [6.45, 7) is 1.58. The van der Waals surface area contributed by atoms with Crippen LogP contribution in [-0.2, 0) is 0 Å². The summed E-state index contributed by atoms with van der Waals surface area (Å²) in [7, 11) is 1.97. The van der Waals surface area contributed by atoms with Crippen LogP contribution in [0, 0.1) is 0 Å². The number of piperidine rings is 1. The molecule has 2 heterocycles. The van der Waals surface area contributed by atoms with Crippen LogP contribution in [0.5, 0.6) is 0 Å². The minimum Gasteiger partial charge on any atom is -0.337 e. The lowest BCUT2D eigenvalue weighted by Crippen LogP contribution is -2.44. The van der Waals surface area contributed by atoms with Crippen molar-refractivity contribution in [2.75, 3.05) is 20.1 Å². The van der Waals surface area contributed by atoms with Crippen molar-refractivity contribution in [3.63, 3.8) is 0 Å². The lowest BCUT2D eigenvalue weighted by Gasteiger charge is -2.31. The van der Waals surface area contributed by atoms with Crippen molar-refractivity contribution in [1.82, 2.24) is 15.2 Å². The first-order chi connectivity index (χ1) is 10.7. The number of hydrogen-bond acceptors (Lipinski definition) is 4. The van der Waals surface area contributed by atoms with E-state index in [1.807, 2.05) is 41.6 Å². The van der Waals surface area contributed by atoms with E-state index in [1.54, 1.807) is 0 Å². The fraction of sp³-hybridized carbons (Fsp3) is 0.375. The van der Waals surface area contributed by atoms with E-state index < -0.39 is 0 Å². The van der Waals surface area contributed by atoms with Crippen LogP contribution < -0.4 is 5.32 Å². The Hall–Kier alpha value is -0.850. The molecule has 0 aliphatic carbocycles. The van der Waals surface area contributed by atoms with Crippen molar-refractivity contribution < 1.29 is 4.79 Å². The SMILES string of the molecule is CNC1CCN(C(=O)c2csc(-c3ccc(Cl)cc3)n2)CC1.Cl.Cl. The molecule has 1 fully saturated rings. The molecule has 1 N–H and O–H groups in total. The molecule has 0 unspecified atom stereocenters. The molecule has 2 aromatic rings. The minimum atomic E-state index is 0. The van der Waals surface area contributed by atoms with E-state index in [1.165, 1.54) is 11.3 Å². The number of carbonyl (C=O) groups is 1. The summed E-state index contributed by atoms with van der Waals surface area (Å²) in [4.78, 5) is 18.9. The Kier molecular flexibility index (Phi) is 8.46. The number of hydrogen-bond donors (Lipinski definition) is 1. The Balaban J connectivity index is 0.00000144. The number of benzene rings is 1. The number of rotatable bonds is 3. The third-order valence-corrected chi connectivity index (χ3v) is 5.15. The van der Waals surface area contributed by atoms with E-state index in [9.17, 15) is 4.79 Å². The Morgan fingerprint density at radius 1 is 1.25 bits per heavy atom. The first kappa shape index (κ1) is 21.2. The highest BCUT2D eigenvalue weighted by Gasteiger charge is 2.24. The van der Waals surface area contributed by atoms with Crippen LogP contribution in [0.1, 0.15) is 23.3 Å². The van der Waals surface area contributed by atoms with E-state index in [-0.39, 0.29) is 30.7 Å². The predicted octanol–water partition coefficient (Wildman–Crippen LogP) is 4.13. The maximum Gasteiger partial charge on any atom is 0.273 e. The molecule has 0 bridgehead atoms. The molecule has 0 spiro atoms. The van der Waals surface area contributed by atoms with Crippen molar-refractivity contribution in [2.24, 2.45) is 0 Å². The molecule has 0 saturated carbocycles. The number of thiazole rings is 1. The van der Waals surface area contributed by atoms with Crippen LogP contribution in [0.15, 0.2) is 29.6 Å². The monoisotopic (exact) mass is 407 g/mol. The van der Waals surface area contributed by atoms with Gasteiger partial charge in [0.25, 0.3) is 5.91 Å². The molecule has 1 aliphatic heterocycles. The van der Waals surface area contributed by atoms with Gasteiger partial charge < -0.3 is 10.2 Å². The lowest BCUT2D eigenvalue weighted by molar-refractivity contribution is 0.0702. The van der Waals surface area contributed by atoms with Gasteiger partial charge in [-0.05, 0) is 32.0 Å². The Bertz CT molecular complexity index is 655. The normalized spacial score (nSPS) is 14.7. The van der Waals surface area contributed by atoms with Crippen LogP contribution >= 0.6 is 47.8 Å². The van der Waals surface area contributed by atoms with Crippen molar-refractivity contribution in [2.45, 2.75) is 18.9 Å². The van der Waals surface area contributed by atoms with E-state index in [4.69, 9.17) is 11.6 Å². The van der Waals surface area contributed by atoms with Gasteiger partial charge in [0.1, 0.15) is 10.7 Å². The highest BCUT2D eigenvalue weighted by molar-refractivity contribution is 7.13. The first-order valence-corrected chi connectivity index (χ1v) is 8.61. The quantitative estimate of drug-likeness (QED) is 0.830. The minimum absolute atomic E-state index is 0. The molecule has 132 valence electrons. The first-order valence-electron chi connectivity index (χ1n) is 7.35. The maximum absolute atomic E-state index is 12.5. The van der Waals surface area contributed by atoms with Gasteiger partial charge in [-0.25, -0.2) is 4.98 Å². The molecule has 0 atom stereocenters. The van der Waals surface area contributed by atoms with Crippen LogP contribution in [0.3, 0.4) is 0 Å². The van der Waals surface area contributed by atoms with Crippen LogP contribution in [0.2, 0.25) is 5.02 Å². The third-order valence-electron chi connectivity index (χ3n) is 4.00. The summed E-state index contributed by atoms with van der Waals surface area (Å²) in [5, 5.41) is 6.66. The lowest BCUT2D eigenvalue weighted by atomic mass is 10.1. The number of amides is 1. The zero-order chi connectivity index (χ0) is 15.5. The Morgan fingerprint density at radius 3 is 2.46 bits per heavy atom. The smallest absolute Gasteiger partial charge is 0.273 e. The summed E-state index contributed by atoms with van der Waals surface area (Å²) in [6, 6.07) is 8.04. The van der Waals surface area contributed by atoms with Gasteiger partial charge >= 0.3 is 0 Å². The van der Waals surface area contributed by atoms with Gasteiger partial charge in [0, 0.05) is 35.1 Å². The zero-order valence-corrected chi connectivity index (χ0v) is 16.4. The molecule has 1 amide bonds. The third kappa shape index (κ3) is 4.83. The number of nitrogens with one attached hydrogen (secondary N) is 1. The molecule has 4 nitrogen and oxygen atoms in total. The van der Waals surface area contributed by atoms with E-state index in [0.717, 1.165) is 36.5 Å². The Morgan fingerprint density at radius 2 is 1.88 bits per heavy atom. The molecular formula is C16H20Cl3N3OS. The molecule has 8 heteroatoms. The Labute approximate surface area is 163 Å². The standard InChI is InChI=1S/C16H18ClN3OS.2ClH/c1-18-13-6-8-20(9-7-13)16(21)14-10-22-15(19-14)11-2-4-12(17)5-3-11;;/h2-5,10,13,18H,6-9H2,1H3;2*1H. The van der Waals surface area contributed by atoms with Crippen LogP contribution in [0.4, 0.5) is 0 Å². The number of halogens is 3. The van der Waals surface area contributed by atoms with Gasteiger partial charge in [0.2, 0.25) is 0 Å². The topological polar surface area (TPSA) is 45.2 Å². The van der Waals surface area contributed by atoms with Gasteiger partial charge in [0.15, 0.2) is 0 Å². The number of nitrogens with zero attached hydrogens (tertiary/aromatic N) is 2. The average molecular weight is 409 g/mol. The highest BCUT2D eigenvalue weighted by atomic mass is 35.5. The number of aromatic nitrogens is 1. The molecule has 1 aromatic carbocycles. The van der Waals surface area contributed by atoms with E-state index in [2.05, 4.69) is 10.3 Å². The molecule has 1 aromatic heterocycles. The van der Waals surface area contributed by atoms with Gasteiger partial charge in [-0.2, -0.15) is 0 Å². The number of carbonyl (C=O) groups excluding carboxylic acids is 1. The van der Waals surface area contributed by atoms with E-state index in [0.29, 0.717) is 16.8 Å². The summed E-state index contributed by atoms with van der Waals surface area (Å²) in [6.07, 6.45) is 1.99. The number of likely N-dealkylation sites (tertiary alicyclic amines) is 1. The molecule has 3 rings (SSSR count). The van der Waals surface area contributed by atoms with Gasteiger partial charge in [-0.3, -0.25) is 4.79 Å². The predicted molar refractivity (Wildman–Crippen MR) is 105 cm³/mol. The van der Waals surface area contributed by atoms with Gasteiger partial charge in [0.05, 0.1) is 0 Å². The second-order valence-corrected chi connectivity index (χ2v) is 6.69. The summed E-state index contributed by atoms with van der Waals surface area (Å²) >= 11 is 7.39. The molecular weight excluding hydrogens is 389 g/mol. The van der Waals surface area contributed by atoms with Crippen LogP contribution in [0.25, 0.3) is 10.6 Å². The van der Waals surface area contributed by atoms with Gasteiger partial charge in [-0.1, -0.05) is 23.7 Å². The van der Waals surface area contributed by atoms with Crippen molar-refractivity contribution in [3.8, 4) is 10.6 Å². The summed E-state index contributed by atoms with van der Waals surface area (Å²) in [5.74, 6) is 0.0333. The molecule has 1 saturated heterocycles. The fourth-order valence-corrected chi connectivity index (χ4v) is 3.56. The molecule has 0 radical (unpaired) electrons. The highest BCUT2D eigenvalue weighted by Crippen LogP contribution is 2.26. The largest absolute Gasteiger partial charge is 0.337 e. The second kappa shape index (κ2) is 9.59. The second-order valence-electron chi connectivity index (χ2n) is 5.40. The summed E-state index contributed by atoms with van der Waals surface area (Å²) in [5.41, 5.74) is 1.53. The van der Waals surface area contributed by atoms with Crippen molar-refractivity contribution >= 4 is 53.7 Å². The van der Waals surface area contributed by atoms with E-state index >= 15 is 0 Å². The van der Waals surface area contributed by atoms with Crippen molar-refractivity contribution in [1.29, 1.82) is 0 Å².